The van der Waals surface area contributed by atoms with Crippen LogP contribution in [0.15, 0.2) is 24.3 Å². The highest BCUT2D eigenvalue weighted by Crippen LogP contribution is 2.33. The highest BCUT2D eigenvalue weighted by molar-refractivity contribution is 5.26. The maximum Gasteiger partial charge on any atom is 0.00108 e. The first-order valence-electron chi connectivity index (χ1n) is 7.92. The second-order valence-electron chi connectivity index (χ2n) is 5.84. The molecular weight excluding hydrogens is 230 g/mol. The molecule has 0 spiro atoms. The van der Waals surface area contributed by atoms with Gasteiger partial charge in [0.1, 0.15) is 0 Å². The molecule has 0 radical (unpaired) electrons. The van der Waals surface area contributed by atoms with Crippen LogP contribution in [0.4, 0.5) is 0 Å². The van der Waals surface area contributed by atoms with Crippen LogP contribution in [0.5, 0.6) is 0 Å². The number of hydrogen-bond donors (Lipinski definition) is 1. The second kappa shape index (κ2) is 8.37. The largest absolute Gasteiger partial charge is 0.316 e. The summed E-state index contributed by atoms with van der Waals surface area (Å²) < 4.78 is 0. The van der Waals surface area contributed by atoms with Gasteiger partial charge in [0, 0.05) is 6.54 Å². The first kappa shape index (κ1) is 16.2. The van der Waals surface area contributed by atoms with Gasteiger partial charge in [0.2, 0.25) is 0 Å². The van der Waals surface area contributed by atoms with Gasteiger partial charge in [-0.2, -0.15) is 0 Å². The number of aryl methyl sites for hydroxylation is 1. The molecule has 0 amide bonds. The van der Waals surface area contributed by atoms with E-state index < -0.39 is 0 Å². The number of hydrogen-bond acceptors (Lipinski definition) is 1. The van der Waals surface area contributed by atoms with Gasteiger partial charge < -0.3 is 5.32 Å². The summed E-state index contributed by atoms with van der Waals surface area (Å²) in [5.41, 5.74) is 3.39. The normalized spacial score (nSPS) is 14.3. The zero-order valence-electron chi connectivity index (χ0n) is 13.3. The van der Waals surface area contributed by atoms with Crippen LogP contribution in [0, 0.1) is 12.3 Å². The Bertz CT molecular complexity index is 348. The molecule has 1 nitrogen and oxygen atoms in total. The molecule has 0 aromatic heterocycles. The Hall–Kier alpha value is -0.820. The van der Waals surface area contributed by atoms with Crippen LogP contribution < -0.4 is 5.32 Å². The summed E-state index contributed by atoms with van der Waals surface area (Å²) in [6, 6.07) is 8.86. The molecule has 0 aliphatic heterocycles. The minimum absolute atomic E-state index is 0.429. The molecule has 1 rings (SSSR count). The quantitative estimate of drug-likeness (QED) is 0.677. The van der Waals surface area contributed by atoms with Gasteiger partial charge in [-0.05, 0) is 49.3 Å². The number of benzene rings is 1. The number of rotatable bonds is 9. The summed E-state index contributed by atoms with van der Waals surface area (Å²) in [6.45, 7) is 11.3. The minimum Gasteiger partial charge on any atom is -0.316 e. The first-order chi connectivity index (χ1) is 9.17. The van der Waals surface area contributed by atoms with E-state index in [1.165, 1.54) is 43.2 Å². The lowest BCUT2D eigenvalue weighted by Crippen LogP contribution is -2.36. The van der Waals surface area contributed by atoms with Gasteiger partial charge in [0.25, 0.3) is 0 Å². The van der Waals surface area contributed by atoms with Gasteiger partial charge in [-0.15, -0.1) is 0 Å². The molecule has 1 unspecified atom stereocenters. The summed E-state index contributed by atoms with van der Waals surface area (Å²) in [4.78, 5) is 0. The van der Waals surface area contributed by atoms with E-state index in [1.807, 2.05) is 0 Å². The van der Waals surface area contributed by atoms with Crippen molar-refractivity contribution in [1.29, 1.82) is 0 Å². The molecule has 1 atom stereocenters. The zero-order chi connectivity index (χ0) is 14.1. The average molecular weight is 261 g/mol. The standard InChI is InChI=1S/C18H31N/c1-5-8-13-18(6-2,15-19-7-3)14-17-12-10-9-11-16(17)4/h9-12,19H,5-8,13-15H2,1-4H3. The number of nitrogens with one attached hydrogen (secondary N) is 1. The van der Waals surface area contributed by atoms with Crippen LogP contribution in [-0.2, 0) is 6.42 Å². The SMILES string of the molecule is CCCCC(CC)(CNCC)Cc1ccccc1C. The molecule has 1 N–H and O–H groups in total. The summed E-state index contributed by atoms with van der Waals surface area (Å²) in [6.07, 6.45) is 6.44. The monoisotopic (exact) mass is 261 g/mol. The zero-order valence-corrected chi connectivity index (χ0v) is 13.3. The predicted octanol–water partition coefficient (Wildman–Crippen LogP) is 4.73. The highest BCUT2D eigenvalue weighted by Gasteiger charge is 2.27. The minimum atomic E-state index is 0.429. The van der Waals surface area contributed by atoms with Crippen molar-refractivity contribution in [1.82, 2.24) is 5.32 Å². The molecule has 0 fully saturated rings. The molecule has 0 bridgehead atoms. The predicted molar refractivity (Wildman–Crippen MR) is 85.7 cm³/mol. The van der Waals surface area contributed by atoms with Crippen LogP contribution in [0.1, 0.15) is 57.6 Å². The smallest absolute Gasteiger partial charge is 0.00108 e. The molecule has 19 heavy (non-hydrogen) atoms. The van der Waals surface area contributed by atoms with E-state index in [1.54, 1.807) is 0 Å². The van der Waals surface area contributed by atoms with Crippen molar-refractivity contribution in [3.8, 4) is 0 Å². The first-order valence-corrected chi connectivity index (χ1v) is 7.92. The summed E-state index contributed by atoms with van der Waals surface area (Å²) in [5, 5.41) is 3.59. The fourth-order valence-corrected chi connectivity index (χ4v) is 2.82. The summed E-state index contributed by atoms with van der Waals surface area (Å²) in [5.74, 6) is 0. The number of unbranched alkanes of at least 4 members (excludes halogenated alkanes) is 1. The Kier molecular flexibility index (Phi) is 7.15. The molecule has 1 aromatic rings. The molecule has 0 heterocycles. The fourth-order valence-electron chi connectivity index (χ4n) is 2.82. The second-order valence-corrected chi connectivity index (χ2v) is 5.84. The maximum atomic E-state index is 3.59. The van der Waals surface area contributed by atoms with Crippen LogP contribution >= 0.6 is 0 Å². The van der Waals surface area contributed by atoms with Gasteiger partial charge in [-0.25, -0.2) is 0 Å². The molecule has 0 aliphatic carbocycles. The molecule has 0 saturated heterocycles. The Morgan fingerprint density at radius 1 is 1.11 bits per heavy atom. The molecule has 108 valence electrons. The fraction of sp³-hybridized carbons (Fsp3) is 0.667. The van der Waals surface area contributed by atoms with Gasteiger partial charge in [0.05, 0.1) is 0 Å². The van der Waals surface area contributed by atoms with E-state index >= 15 is 0 Å². The van der Waals surface area contributed by atoms with Gasteiger partial charge in [-0.1, -0.05) is 57.9 Å². The van der Waals surface area contributed by atoms with E-state index in [9.17, 15) is 0 Å². The van der Waals surface area contributed by atoms with Crippen LogP contribution in [0.25, 0.3) is 0 Å². The molecule has 1 heteroatoms. The van der Waals surface area contributed by atoms with Crippen molar-refractivity contribution in [2.75, 3.05) is 13.1 Å². The Balaban J connectivity index is 2.85. The van der Waals surface area contributed by atoms with E-state index in [0.29, 0.717) is 5.41 Å². The third kappa shape index (κ3) is 4.99. The topological polar surface area (TPSA) is 12.0 Å². The maximum absolute atomic E-state index is 3.59. The average Bonchev–Trinajstić information content (AvgIpc) is 2.44. The lowest BCUT2D eigenvalue weighted by Gasteiger charge is -2.34. The van der Waals surface area contributed by atoms with Crippen molar-refractivity contribution in [3.05, 3.63) is 35.4 Å². The van der Waals surface area contributed by atoms with Crippen molar-refractivity contribution < 1.29 is 0 Å². The van der Waals surface area contributed by atoms with Crippen LogP contribution in [-0.4, -0.2) is 13.1 Å². The Morgan fingerprint density at radius 2 is 1.84 bits per heavy atom. The van der Waals surface area contributed by atoms with Crippen molar-refractivity contribution in [2.45, 2.75) is 59.8 Å². The molecule has 1 aromatic carbocycles. The third-order valence-electron chi connectivity index (χ3n) is 4.39. The van der Waals surface area contributed by atoms with E-state index in [0.717, 1.165) is 13.1 Å². The van der Waals surface area contributed by atoms with Crippen LogP contribution in [0.3, 0.4) is 0 Å². The van der Waals surface area contributed by atoms with Crippen molar-refractivity contribution >= 4 is 0 Å². The summed E-state index contributed by atoms with van der Waals surface area (Å²) >= 11 is 0. The van der Waals surface area contributed by atoms with E-state index in [4.69, 9.17) is 0 Å². The van der Waals surface area contributed by atoms with Crippen molar-refractivity contribution in [3.63, 3.8) is 0 Å². The van der Waals surface area contributed by atoms with E-state index in [-0.39, 0.29) is 0 Å². The van der Waals surface area contributed by atoms with Gasteiger partial charge in [-0.3, -0.25) is 0 Å². The Labute approximate surface area is 119 Å². The molecule has 0 saturated carbocycles. The summed E-state index contributed by atoms with van der Waals surface area (Å²) in [7, 11) is 0. The van der Waals surface area contributed by atoms with E-state index in [2.05, 4.69) is 57.3 Å². The third-order valence-corrected chi connectivity index (χ3v) is 4.39. The van der Waals surface area contributed by atoms with Gasteiger partial charge in [0.15, 0.2) is 0 Å². The highest BCUT2D eigenvalue weighted by atomic mass is 14.9. The van der Waals surface area contributed by atoms with Crippen LogP contribution in [0.2, 0.25) is 0 Å². The lowest BCUT2D eigenvalue weighted by molar-refractivity contribution is 0.230. The molecule has 0 aliphatic rings. The van der Waals surface area contributed by atoms with Gasteiger partial charge >= 0.3 is 0 Å². The Morgan fingerprint density at radius 3 is 2.42 bits per heavy atom. The lowest BCUT2D eigenvalue weighted by atomic mass is 9.74. The molecular formula is C18H31N. The van der Waals surface area contributed by atoms with Crippen molar-refractivity contribution in [2.24, 2.45) is 5.41 Å².